The smallest absolute Gasteiger partial charge is 0.0473 e. The molecule has 1 aromatic carbocycles. The molecular weight excluding hydrogens is 212 g/mol. The molecule has 0 fully saturated rings. The summed E-state index contributed by atoms with van der Waals surface area (Å²) in [6.07, 6.45) is 0.793. The van der Waals surface area contributed by atoms with E-state index in [-0.39, 0.29) is 12.6 Å². The first kappa shape index (κ1) is 14.2. The summed E-state index contributed by atoms with van der Waals surface area (Å²) in [5.74, 6) is 0. The molecule has 0 aliphatic rings. The number of aliphatic hydroxyl groups excluding tert-OH is 1. The number of rotatable bonds is 7. The van der Waals surface area contributed by atoms with Crippen LogP contribution in [-0.4, -0.2) is 35.7 Å². The summed E-state index contributed by atoms with van der Waals surface area (Å²) in [7, 11) is 0. The Bertz CT molecular complexity index is 300. The lowest BCUT2D eigenvalue weighted by Gasteiger charge is -2.34. The van der Waals surface area contributed by atoms with Gasteiger partial charge in [0, 0.05) is 31.8 Å². The van der Waals surface area contributed by atoms with Crippen LogP contribution in [0.3, 0.4) is 0 Å². The maximum atomic E-state index is 8.96. The molecule has 0 bridgehead atoms. The fraction of sp³-hybridized carbons (Fsp3) is 0.571. The highest BCUT2D eigenvalue weighted by Gasteiger charge is 2.20. The van der Waals surface area contributed by atoms with Gasteiger partial charge < -0.3 is 10.8 Å². The topological polar surface area (TPSA) is 49.5 Å². The van der Waals surface area contributed by atoms with E-state index in [1.807, 2.05) is 18.2 Å². The van der Waals surface area contributed by atoms with Gasteiger partial charge >= 0.3 is 0 Å². The molecule has 1 atom stereocenters. The number of hydrogen-bond acceptors (Lipinski definition) is 3. The third-order valence-electron chi connectivity index (χ3n) is 3.05. The zero-order valence-corrected chi connectivity index (χ0v) is 10.8. The van der Waals surface area contributed by atoms with Gasteiger partial charge in [-0.3, -0.25) is 4.90 Å². The van der Waals surface area contributed by atoms with Crippen LogP contribution in [0.15, 0.2) is 30.3 Å². The van der Waals surface area contributed by atoms with Crippen LogP contribution in [0.25, 0.3) is 0 Å². The molecule has 0 saturated heterocycles. The van der Waals surface area contributed by atoms with Crippen molar-refractivity contribution in [2.45, 2.75) is 32.4 Å². The quantitative estimate of drug-likeness (QED) is 0.758. The van der Waals surface area contributed by atoms with Gasteiger partial charge in [-0.1, -0.05) is 30.3 Å². The van der Waals surface area contributed by atoms with Gasteiger partial charge in [-0.2, -0.15) is 0 Å². The van der Waals surface area contributed by atoms with Gasteiger partial charge in [-0.15, -0.1) is 0 Å². The van der Waals surface area contributed by atoms with Crippen LogP contribution < -0.4 is 5.73 Å². The van der Waals surface area contributed by atoms with Gasteiger partial charge in [0.25, 0.3) is 0 Å². The van der Waals surface area contributed by atoms with Gasteiger partial charge in [0.05, 0.1) is 0 Å². The van der Waals surface area contributed by atoms with Crippen molar-refractivity contribution in [1.29, 1.82) is 0 Å². The number of hydrogen-bond donors (Lipinski definition) is 2. The fourth-order valence-corrected chi connectivity index (χ4v) is 2.17. The second-order valence-electron chi connectivity index (χ2n) is 4.57. The molecule has 0 heterocycles. The summed E-state index contributed by atoms with van der Waals surface area (Å²) in [6, 6.07) is 11.0. The summed E-state index contributed by atoms with van der Waals surface area (Å²) in [5, 5.41) is 8.96. The highest BCUT2D eigenvalue weighted by atomic mass is 16.3. The highest BCUT2D eigenvalue weighted by molar-refractivity contribution is 5.19. The van der Waals surface area contributed by atoms with E-state index in [9.17, 15) is 0 Å². The lowest BCUT2D eigenvalue weighted by atomic mass is 10.0. The van der Waals surface area contributed by atoms with Gasteiger partial charge in [0.15, 0.2) is 0 Å². The molecular formula is C14H24N2O. The van der Waals surface area contributed by atoms with Crippen LogP contribution in [0, 0.1) is 0 Å². The summed E-state index contributed by atoms with van der Waals surface area (Å²) in [6.45, 7) is 6.06. The maximum absolute atomic E-state index is 8.96. The van der Waals surface area contributed by atoms with Crippen molar-refractivity contribution >= 4 is 0 Å². The number of aliphatic hydroxyl groups is 1. The second kappa shape index (κ2) is 7.43. The van der Waals surface area contributed by atoms with Crippen molar-refractivity contribution in [3.63, 3.8) is 0 Å². The molecule has 1 rings (SSSR count). The van der Waals surface area contributed by atoms with E-state index < -0.39 is 0 Å². The molecule has 3 N–H and O–H groups in total. The Morgan fingerprint density at radius 2 is 1.88 bits per heavy atom. The van der Waals surface area contributed by atoms with E-state index in [2.05, 4.69) is 30.9 Å². The maximum Gasteiger partial charge on any atom is 0.0473 e. The van der Waals surface area contributed by atoms with E-state index in [4.69, 9.17) is 10.8 Å². The molecule has 0 saturated carbocycles. The first-order valence-corrected chi connectivity index (χ1v) is 6.32. The number of nitrogens with zero attached hydrogens (tertiary/aromatic N) is 1. The molecule has 0 aromatic heterocycles. The largest absolute Gasteiger partial charge is 0.396 e. The molecule has 0 aliphatic heterocycles. The van der Waals surface area contributed by atoms with E-state index in [1.54, 1.807) is 0 Å². The van der Waals surface area contributed by atoms with Gasteiger partial charge in [-0.05, 0) is 25.8 Å². The minimum absolute atomic E-state index is 0.231. The summed E-state index contributed by atoms with van der Waals surface area (Å²) < 4.78 is 0. The molecule has 0 spiro atoms. The van der Waals surface area contributed by atoms with Crippen molar-refractivity contribution in [3.05, 3.63) is 35.9 Å². The van der Waals surface area contributed by atoms with Crippen molar-refractivity contribution in [1.82, 2.24) is 4.90 Å². The predicted molar refractivity (Wildman–Crippen MR) is 71.8 cm³/mol. The first-order chi connectivity index (χ1) is 8.20. The average molecular weight is 236 g/mol. The lowest BCUT2D eigenvalue weighted by Crippen LogP contribution is -2.39. The molecule has 3 heteroatoms. The minimum Gasteiger partial charge on any atom is -0.396 e. The normalized spacial score (nSPS) is 13.3. The van der Waals surface area contributed by atoms with Crippen molar-refractivity contribution in [2.24, 2.45) is 5.73 Å². The van der Waals surface area contributed by atoms with Gasteiger partial charge in [0.2, 0.25) is 0 Å². The van der Waals surface area contributed by atoms with Crippen LogP contribution in [0.2, 0.25) is 0 Å². The Morgan fingerprint density at radius 3 is 2.35 bits per heavy atom. The Kier molecular flexibility index (Phi) is 6.19. The van der Waals surface area contributed by atoms with E-state index in [0.29, 0.717) is 12.6 Å². The van der Waals surface area contributed by atoms with E-state index in [1.165, 1.54) is 5.56 Å². The Balaban J connectivity index is 2.81. The van der Waals surface area contributed by atoms with Crippen molar-refractivity contribution < 1.29 is 5.11 Å². The Hall–Kier alpha value is -0.900. The second-order valence-corrected chi connectivity index (χ2v) is 4.57. The van der Waals surface area contributed by atoms with Crippen molar-refractivity contribution in [2.75, 3.05) is 19.7 Å². The number of nitrogens with two attached hydrogens (primary N) is 1. The monoisotopic (exact) mass is 236 g/mol. The molecule has 1 unspecified atom stereocenters. The Labute approximate surface area is 104 Å². The van der Waals surface area contributed by atoms with Gasteiger partial charge in [-0.25, -0.2) is 0 Å². The summed E-state index contributed by atoms with van der Waals surface area (Å²) in [4.78, 5) is 2.35. The molecule has 3 nitrogen and oxygen atoms in total. The van der Waals surface area contributed by atoms with Crippen LogP contribution in [0.4, 0.5) is 0 Å². The first-order valence-electron chi connectivity index (χ1n) is 6.32. The third-order valence-corrected chi connectivity index (χ3v) is 3.05. The molecule has 1 aromatic rings. The molecule has 0 aliphatic carbocycles. The van der Waals surface area contributed by atoms with Crippen LogP contribution >= 0.6 is 0 Å². The van der Waals surface area contributed by atoms with Crippen LogP contribution in [-0.2, 0) is 0 Å². The predicted octanol–water partition coefficient (Wildman–Crippen LogP) is 1.78. The summed E-state index contributed by atoms with van der Waals surface area (Å²) >= 11 is 0. The standard InChI is InChI=1S/C14H24N2O/c1-12(2)16(9-6-10-17)14(11-15)13-7-4-3-5-8-13/h3-5,7-8,12,14,17H,6,9-11,15H2,1-2H3. The van der Waals surface area contributed by atoms with E-state index in [0.717, 1.165) is 13.0 Å². The molecule has 96 valence electrons. The molecule has 0 amide bonds. The minimum atomic E-state index is 0.231. The summed E-state index contributed by atoms with van der Waals surface area (Å²) in [5.41, 5.74) is 7.16. The Morgan fingerprint density at radius 1 is 1.24 bits per heavy atom. The average Bonchev–Trinajstić information content (AvgIpc) is 2.35. The third kappa shape index (κ3) is 4.11. The SMILES string of the molecule is CC(C)N(CCCO)C(CN)c1ccccc1. The molecule has 0 radical (unpaired) electrons. The van der Waals surface area contributed by atoms with Crippen LogP contribution in [0.1, 0.15) is 31.9 Å². The van der Waals surface area contributed by atoms with E-state index >= 15 is 0 Å². The highest BCUT2D eigenvalue weighted by Crippen LogP contribution is 2.21. The van der Waals surface area contributed by atoms with Crippen LogP contribution in [0.5, 0.6) is 0 Å². The fourth-order valence-electron chi connectivity index (χ4n) is 2.17. The zero-order chi connectivity index (χ0) is 12.7. The van der Waals surface area contributed by atoms with Gasteiger partial charge in [0.1, 0.15) is 0 Å². The van der Waals surface area contributed by atoms with Crippen molar-refractivity contribution in [3.8, 4) is 0 Å². The zero-order valence-electron chi connectivity index (χ0n) is 10.8. The lowest BCUT2D eigenvalue weighted by molar-refractivity contribution is 0.141. The number of benzene rings is 1. The molecule has 17 heavy (non-hydrogen) atoms.